The molecule has 110 valence electrons. The molecule has 0 radical (unpaired) electrons. The molecule has 2 aliphatic rings. The topological polar surface area (TPSA) is 113 Å². The Hall–Kier alpha value is -2.48. The third-order valence-corrected chi connectivity index (χ3v) is 3.80. The summed E-state index contributed by atoms with van der Waals surface area (Å²) in [7, 11) is 0. The van der Waals surface area contributed by atoms with Crippen molar-refractivity contribution in [1.29, 1.82) is 0 Å². The zero-order valence-corrected chi connectivity index (χ0v) is 10.9. The highest BCUT2D eigenvalue weighted by Crippen LogP contribution is 2.35. The van der Waals surface area contributed by atoms with Crippen molar-refractivity contribution in [2.24, 2.45) is 0 Å². The minimum Gasteiger partial charge on any atom is -0.398 e. The van der Waals surface area contributed by atoms with Gasteiger partial charge in [-0.1, -0.05) is 0 Å². The van der Waals surface area contributed by atoms with Gasteiger partial charge in [-0.2, -0.15) is 0 Å². The molecule has 0 unspecified atom stereocenters. The molecule has 4 N–H and O–H groups in total. The molecule has 1 fully saturated rings. The molecule has 0 saturated carbocycles. The monoisotopic (exact) mass is 293 g/mol. The van der Waals surface area contributed by atoms with Crippen molar-refractivity contribution in [3.8, 4) is 0 Å². The molecule has 3 amide bonds. The van der Waals surface area contributed by atoms with Crippen LogP contribution in [0.15, 0.2) is 12.1 Å². The van der Waals surface area contributed by atoms with Crippen LogP contribution >= 0.6 is 0 Å². The van der Waals surface area contributed by atoms with Gasteiger partial charge in [0.15, 0.2) is 0 Å². The van der Waals surface area contributed by atoms with Gasteiger partial charge in [-0.05, 0) is 12.1 Å². The van der Waals surface area contributed by atoms with E-state index in [-0.39, 0.29) is 30.6 Å². The fourth-order valence-corrected chi connectivity index (χ4v) is 2.65. The van der Waals surface area contributed by atoms with Crippen LogP contribution in [0.25, 0.3) is 0 Å². The number of carbonyl (C=O) groups is 3. The summed E-state index contributed by atoms with van der Waals surface area (Å²) in [4.78, 5) is 36.3. The average molecular weight is 293 g/mol. The summed E-state index contributed by atoms with van der Waals surface area (Å²) >= 11 is 0. The molecule has 1 atom stereocenters. The number of anilines is 1. The van der Waals surface area contributed by atoms with E-state index in [0.717, 1.165) is 17.0 Å². The molecule has 7 nitrogen and oxygen atoms in total. The number of nitrogen functional groups attached to an aromatic ring is 1. The SMILES string of the molecule is Nc1cc(F)cc2c1CN([C@@]1(O)CCC(=O)NC1=O)C2=O. The van der Waals surface area contributed by atoms with E-state index in [0.29, 0.717) is 5.56 Å². The smallest absolute Gasteiger partial charge is 0.279 e. The van der Waals surface area contributed by atoms with E-state index in [9.17, 15) is 23.9 Å². The minimum atomic E-state index is -2.13. The number of halogens is 1. The summed E-state index contributed by atoms with van der Waals surface area (Å²) in [6.07, 6.45) is -0.300. The molecule has 0 aliphatic carbocycles. The second kappa shape index (κ2) is 4.26. The Morgan fingerprint density at radius 3 is 2.71 bits per heavy atom. The highest BCUT2D eigenvalue weighted by atomic mass is 19.1. The van der Waals surface area contributed by atoms with Gasteiger partial charge in [-0.3, -0.25) is 24.6 Å². The number of nitrogens with two attached hydrogens (primary N) is 1. The number of aliphatic hydroxyl groups is 1. The zero-order valence-electron chi connectivity index (χ0n) is 10.9. The third-order valence-electron chi connectivity index (χ3n) is 3.80. The van der Waals surface area contributed by atoms with Crippen molar-refractivity contribution >= 4 is 23.4 Å². The standard InChI is InChI=1S/C13H12FN3O4/c14-6-3-7-8(9(15)4-6)5-17(11(7)19)13(21)2-1-10(18)16-12(13)20/h3-4,21H,1-2,5,15H2,(H,16,18,20)/t13-/m1/s1. The van der Waals surface area contributed by atoms with Gasteiger partial charge in [-0.25, -0.2) is 4.39 Å². The fraction of sp³-hybridized carbons (Fsp3) is 0.308. The van der Waals surface area contributed by atoms with Crippen LogP contribution in [0, 0.1) is 5.82 Å². The van der Waals surface area contributed by atoms with Gasteiger partial charge in [-0.15, -0.1) is 0 Å². The first-order valence-electron chi connectivity index (χ1n) is 6.29. The van der Waals surface area contributed by atoms with Crippen molar-refractivity contribution in [3.05, 3.63) is 29.1 Å². The van der Waals surface area contributed by atoms with Crippen LogP contribution in [0.1, 0.15) is 28.8 Å². The number of nitrogens with one attached hydrogen (secondary N) is 1. The number of hydrogen-bond donors (Lipinski definition) is 3. The number of amides is 3. The van der Waals surface area contributed by atoms with E-state index >= 15 is 0 Å². The summed E-state index contributed by atoms with van der Waals surface area (Å²) in [6.45, 7) is -0.113. The largest absolute Gasteiger partial charge is 0.398 e. The number of piperidine rings is 1. The van der Waals surface area contributed by atoms with Gasteiger partial charge in [0.25, 0.3) is 11.8 Å². The Labute approximate surface area is 118 Å². The third kappa shape index (κ3) is 1.87. The molecule has 8 heteroatoms. The number of benzene rings is 1. The molecule has 21 heavy (non-hydrogen) atoms. The lowest BCUT2D eigenvalue weighted by Gasteiger charge is -2.37. The van der Waals surface area contributed by atoms with E-state index in [1.807, 2.05) is 5.32 Å². The van der Waals surface area contributed by atoms with Crippen LogP contribution in [0.2, 0.25) is 0 Å². The van der Waals surface area contributed by atoms with Crippen LogP contribution in [0.3, 0.4) is 0 Å². The molecule has 1 aromatic rings. The number of imide groups is 1. The predicted molar refractivity (Wildman–Crippen MR) is 68.0 cm³/mol. The van der Waals surface area contributed by atoms with Crippen LogP contribution in [0.5, 0.6) is 0 Å². The van der Waals surface area contributed by atoms with Crippen LogP contribution in [0.4, 0.5) is 10.1 Å². The van der Waals surface area contributed by atoms with E-state index < -0.39 is 29.3 Å². The highest BCUT2D eigenvalue weighted by molar-refractivity contribution is 6.07. The first kappa shape index (κ1) is 13.5. The molecule has 2 heterocycles. The number of carbonyl (C=O) groups excluding carboxylic acids is 3. The van der Waals surface area contributed by atoms with Gasteiger partial charge < -0.3 is 10.8 Å². The van der Waals surface area contributed by atoms with Gasteiger partial charge >= 0.3 is 0 Å². The zero-order chi connectivity index (χ0) is 15.4. The predicted octanol–water partition coefficient (Wildman–Crippen LogP) is -0.511. The Balaban J connectivity index is 2.00. The summed E-state index contributed by atoms with van der Waals surface area (Å²) in [5.41, 5.74) is 4.00. The van der Waals surface area contributed by atoms with E-state index in [4.69, 9.17) is 5.73 Å². The number of fused-ring (bicyclic) bond motifs is 1. The Morgan fingerprint density at radius 1 is 1.33 bits per heavy atom. The molecule has 1 saturated heterocycles. The molecule has 2 aliphatic heterocycles. The van der Waals surface area contributed by atoms with E-state index in [1.165, 1.54) is 0 Å². The first-order chi connectivity index (χ1) is 9.83. The molecular weight excluding hydrogens is 281 g/mol. The Kier molecular flexibility index (Phi) is 2.74. The van der Waals surface area contributed by atoms with Crippen molar-refractivity contribution < 1.29 is 23.9 Å². The van der Waals surface area contributed by atoms with Crippen molar-refractivity contribution in [1.82, 2.24) is 10.2 Å². The second-order valence-electron chi connectivity index (χ2n) is 5.11. The summed E-state index contributed by atoms with van der Waals surface area (Å²) in [5, 5.41) is 12.5. The number of nitrogens with zero attached hydrogens (tertiary/aromatic N) is 1. The van der Waals surface area contributed by atoms with Crippen LogP contribution in [-0.2, 0) is 16.1 Å². The van der Waals surface area contributed by atoms with Crippen molar-refractivity contribution in [2.75, 3.05) is 5.73 Å². The molecule has 1 aromatic carbocycles. The number of rotatable bonds is 1. The maximum atomic E-state index is 13.4. The second-order valence-corrected chi connectivity index (χ2v) is 5.11. The molecular formula is C13H12FN3O4. The summed E-state index contributed by atoms with van der Waals surface area (Å²) < 4.78 is 13.4. The van der Waals surface area contributed by atoms with Gasteiger partial charge in [0, 0.05) is 29.7 Å². The molecule has 3 rings (SSSR count). The first-order valence-corrected chi connectivity index (χ1v) is 6.29. The maximum Gasteiger partial charge on any atom is 0.279 e. The Bertz CT molecular complexity index is 690. The van der Waals surface area contributed by atoms with Gasteiger partial charge in [0.05, 0.1) is 6.54 Å². The van der Waals surface area contributed by atoms with E-state index in [1.54, 1.807) is 0 Å². The fourth-order valence-electron chi connectivity index (χ4n) is 2.65. The van der Waals surface area contributed by atoms with E-state index in [2.05, 4.69) is 0 Å². The number of hydrogen-bond acceptors (Lipinski definition) is 5. The Morgan fingerprint density at radius 2 is 2.05 bits per heavy atom. The molecule has 0 spiro atoms. The molecule has 0 bridgehead atoms. The van der Waals surface area contributed by atoms with Crippen molar-refractivity contribution in [3.63, 3.8) is 0 Å². The lowest BCUT2D eigenvalue weighted by Crippen LogP contribution is -2.63. The van der Waals surface area contributed by atoms with Gasteiger partial charge in [0.2, 0.25) is 11.6 Å². The summed E-state index contributed by atoms with van der Waals surface area (Å²) in [5.74, 6) is -2.83. The summed E-state index contributed by atoms with van der Waals surface area (Å²) in [6, 6.07) is 2.09. The van der Waals surface area contributed by atoms with Gasteiger partial charge in [0.1, 0.15) is 5.82 Å². The lowest BCUT2D eigenvalue weighted by atomic mass is 10.00. The minimum absolute atomic E-state index is 0.0191. The molecule has 0 aromatic heterocycles. The maximum absolute atomic E-state index is 13.4. The normalized spacial score (nSPS) is 25.0. The van der Waals surface area contributed by atoms with Crippen molar-refractivity contribution in [2.45, 2.75) is 25.1 Å². The lowest BCUT2D eigenvalue weighted by molar-refractivity contribution is -0.167. The average Bonchev–Trinajstić information content (AvgIpc) is 2.73. The van der Waals surface area contributed by atoms with Crippen LogP contribution in [-0.4, -0.2) is 33.5 Å². The quantitative estimate of drug-likeness (QED) is 0.477. The van der Waals surface area contributed by atoms with Crippen LogP contribution < -0.4 is 11.1 Å². The highest BCUT2D eigenvalue weighted by Gasteiger charge is 2.51.